The number of pyridine rings is 1. The van der Waals surface area contributed by atoms with Crippen LogP contribution in [0.15, 0.2) is 10.7 Å². The zero-order valence-corrected chi connectivity index (χ0v) is 11.9. The van der Waals surface area contributed by atoms with Gasteiger partial charge < -0.3 is 4.74 Å². The topological polar surface area (TPSA) is 39.2 Å². The molecule has 16 heavy (non-hydrogen) atoms. The molecule has 0 unspecified atom stereocenters. The van der Waals surface area contributed by atoms with Gasteiger partial charge in [0.25, 0.3) is 6.43 Å². The molecule has 0 atom stereocenters. The first kappa shape index (κ1) is 13.8. The van der Waals surface area contributed by atoms with Crippen molar-refractivity contribution >= 4 is 44.5 Å². The van der Waals surface area contributed by atoms with Crippen molar-refractivity contribution in [2.75, 3.05) is 6.61 Å². The van der Waals surface area contributed by atoms with E-state index in [1.807, 2.05) is 0 Å². The summed E-state index contributed by atoms with van der Waals surface area (Å²) in [6, 6.07) is 0. The fourth-order valence-electron chi connectivity index (χ4n) is 1.09. The Morgan fingerprint density at radius 1 is 1.69 bits per heavy atom. The lowest BCUT2D eigenvalue weighted by atomic mass is 10.1. The van der Waals surface area contributed by atoms with Gasteiger partial charge in [-0.2, -0.15) is 0 Å². The molecule has 3 nitrogen and oxygen atoms in total. The molecule has 0 N–H and O–H groups in total. The van der Waals surface area contributed by atoms with E-state index < -0.39 is 12.4 Å². The summed E-state index contributed by atoms with van der Waals surface area (Å²) in [7, 11) is 0. The molecule has 0 aliphatic heterocycles. The van der Waals surface area contributed by atoms with Crippen molar-refractivity contribution in [1.82, 2.24) is 4.98 Å². The summed E-state index contributed by atoms with van der Waals surface area (Å²) < 4.78 is 30.6. The van der Waals surface area contributed by atoms with Gasteiger partial charge in [-0.25, -0.2) is 18.6 Å². The molecule has 0 amide bonds. The number of hydrogen-bond acceptors (Lipinski definition) is 3. The number of carbonyl (C=O) groups is 1. The maximum absolute atomic E-state index is 12.8. The standard InChI is InChI=1S/C9H7BrF2INO2/c1-2-16-9(15)6-5(7(11)12)4(10)3-14-8(6)13/h3,7H,2H2,1H3. The molecule has 0 radical (unpaired) electrons. The van der Waals surface area contributed by atoms with Gasteiger partial charge in [-0.3, -0.25) is 0 Å². The fraction of sp³-hybridized carbons (Fsp3) is 0.333. The fourth-order valence-corrected chi connectivity index (χ4v) is 2.21. The summed E-state index contributed by atoms with van der Waals surface area (Å²) in [5.74, 6) is -0.781. The van der Waals surface area contributed by atoms with Gasteiger partial charge in [0, 0.05) is 10.7 Å². The summed E-state index contributed by atoms with van der Waals surface area (Å²) in [6.45, 7) is 1.74. The van der Waals surface area contributed by atoms with Gasteiger partial charge in [-0.05, 0) is 45.4 Å². The van der Waals surface area contributed by atoms with E-state index in [4.69, 9.17) is 4.74 Å². The van der Waals surface area contributed by atoms with E-state index in [0.717, 1.165) is 0 Å². The van der Waals surface area contributed by atoms with Crippen LogP contribution in [0.2, 0.25) is 0 Å². The zero-order valence-electron chi connectivity index (χ0n) is 8.14. The lowest BCUT2D eigenvalue weighted by Crippen LogP contribution is -2.12. The van der Waals surface area contributed by atoms with E-state index in [2.05, 4.69) is 20.9 Å². The highest BCUT2D eigenvalue weighted by atomic mass is 127. The summed E-state index contributed by atoms with van der Waals surface area (Å²) >= 11 is 4.67. The predicted octanol–water partition coefficient (Wildman–Crippen LogP) is 3.56. The Morgan fingerprint density at radius 3 is 2.81 bits per heavy atom. The molecule has 1 rings (SSSR count). The van der Waals surface area contributed by atoms with E-state index in [1.54, 1.807) is 29.5 Å². The number of alkyl halides is 2. The summed E-state index contributed by atoms with van der Waals surface area (Å²) in [5, 5.41) is 0. The van der Waals surface area contributed by atoms with Gasteiger partial charge in [-0.15, -0.1) is 0 Å². The molecule has 0 saturated carbocycles. The second-order valence-corrected chi connectivity index (χ2v) is 4.58. The summed E-state index contributed by atoms with van der Waals surface area (Å²) in [5.41, 5.74) is -0.551. The maximum Gasteiger partial charge on any atom is 0.341 e. The Bertz CT molecular complexity index is 415. The Morgan fingerprint density at radius 2 is 2.31 bits per heavy atom. The van der Waals surface area contributed by atoms with Crippen LogP contribution >= 0.6 is 38.5 Å². The minimum Gasteiger partial charge on any atom is -0.462 e. The van der Waals surface area contributed by atoms with Crippen molar-refractivity contribution in [3.05, 3.63) is 25.5 Å². The highest BCUT2D eigenvalue weighted by molar-refractivity contribution is 14.1. The lowest BCUT2D eigenvalue weighted by molar-refractivity contribution is 0.0513. The predicted molar refractivity (Wildman–Crippen MR) is 65.6 cm³/mol. The van der Waals surface area contributed by atoms with Crippen molar-refractivity contribution in [3.63, 3.8) is 0 Å². The molecule has 1 aromatic rings. The average Bonchev–Trinajstić information content (AvgIpc) is 2.20. The van der Waals surface area contributed by atoms with Crippen molar-refractivity contribution in [1.29, 1.82) is 0 Å². The van der Waals surface area contributed by atoms with Crippen molar-refractivity contribution in [3.8, 4) is 0 Å². The van der Waals surface area contributed by atoms with Gasteiger partial charge in [-0.1, -0.05) is 0 Å². The number of rotatable bonds is 3. The van der Waals surface area contributed by atoms with Crippen molar-refractivity contribution < 1.29 is 18.3 Å². The van der Waals surface area contributed by atoms with E-state index in [1.165, 1.54) is 6.20 Å². The molecule has 1 heterocycles. The third-order valence-electron chi connectivity index (χ3n) is 1.72. The van der Waals surface area contributed by atoms with Crippen LogP contribution in [0.25, 0.3) is 0 Å². The number of nitrogens with zero attached hydrogens (tertiary/aromatic N) is 1. The van der Waals surface area contributed by atoms with Crippen LogP contribution in [0.3, 0.4) is 0 Å². The van der Waals surface area contributed by atoms with Crippen LogP contribution in [-0.4, -0.2) is 17.6 Å². The van der Waals surface area contributed by atoms with Crippen LogP contribution < -0.4 is 0 Å². The number of hydrogen-bond donors (Lipinski definition) is 0. The SMILES string of the molecule is CCOC(=O)c1c(I)ncc(Br)c1C(F)F. The molecule has 0 bridgehead atoms. The normalized spacial score (nSPS) is 10.6. The third kappa shape index (κ3) is 2.88. The first-order chi connectivity index (χ1) is 7.49. The maximum atomic E-state index is 12.8. The minimum absolute atomic E-state index is 0.103. The number of halogens is 4. The molecule has 0 saturated heterocycles. The van der Waals surface area contributed by atoms with Crippen LogP contribution in [0.5, 0.6) is 0 Å². The van der Waals surface area contributed by atoms with Gasteiger partial charge in [0.2, 0.25) is 0 Å². The number of esters is 1. The largest absolute Gasteiger partial charge is 0.462 e. The number of carbonyl (C=O) groups excluding carboxylic acids is 1. The van der Waals surface area contributed by atoms with E-state index in [0.29, 0.717) is 0 Å². The van der Waals surface area contributed by atoms with E-state index >= 15 is 0 Å². The monoisotopic (exact) mass is 405 g/mol. The second-order valence-electron chi connectivity index (χ2n) is 2.71. The molecule has 1 aromatic heterocycles. The van der Waals surface area contributed by atoms with Crippen LogP contribution in [0.4, 0.5) is 8.78 Å². The molecule has 7 heteroatoms. The third-order valence-corrected chi connectivity index (χ3v) is 3.17. The number of ether oxygens (including phenoxy) is 1. The molecule has 0 spiro atoms. The quantitative estimate of drug-likeness (QED) is 0.438. The molecule has 0 aliphatic carbocycles. The Labute approximate surface area is 113 Å². The molecular formula is C9H7BrF2INO2. The van der Waals surface area contributed by atoms with Crippen molar-refractivity contribution in [2.45, 2.75) is 13.3 Å². The highest BCUT2D eigenvalue weighted by Crippen LogP contribution is 2.32. The van der Waals surface area contributed by atoms with Crippen molar-refractivity contribution in [2.24, 2.45) is 0 Å². The van der Waals surface area contributed by atoms with E-state index in [-0.39, 0.29) is 25.9 Å². The molecule has 0 fully saturated rings. The molecule has 0 aromatic carbocycles. The lowest BCUT2D eigenvalue weighted by Gasteiger charge is -2.11. The smallest absolute Gasteiger partial charge is 0.341 e. The van der Waals surface area contributed by atoms with Gasteiger partial charge in [0.05, 0.1) is 12.2 Å². The minimum atomic E-state index is -2.76. The summed E-state index contributed by atoms with van der Waals surface area (Å²) in [4.78, 5) is 15.4. The van der Waals surface area contributed by atoms with Gasteiger partial charge >= 0.3 is 5.97 Å². The molecule has 0 aliphatic rings. The first-order valence-corrected chi connectivity index (χ1v) is 6.15. The summed E-state index contributed by atoms with van der Waals surface area (Å²) in [6.07, 6.45) is -1.52. The van der Waals surface area contributed by atoms with E-state index in [9.17, 15) is 13.6 Å². The Balaban J connectivity index is 3.34. The molecule has 88 valence electrons. The van der Waals surface area contributed by atoms with Gasteiger partial charge in [0.1, 0.15) is 9.26 Å². The first-order valence-electron chi connectivity index (χ1n) is 4.28. The Hall–Kier alpha value is -0.310. The number of aromatic nitrogens is 1. The zero-order chi connectivity index (χ0) is 12.3. The Kier molecular flexibility index (Phi) is 5.03. The molecular weight excluding hydrogens is 399 g/mol. The average molecular weight is 406 g/mol. The van der Waals surface area contributed by atoms with Crippen LogP contribution in [-0.2, 0) is 4.74 Å². The highest BCUT2D eigenvalue weighted by Gasteiger charge is 2.25. The van der Waals surface area contributed by atoms with Crippen LogP contribution in [0, 0.1) is 3.70 Å². The van der Waals surface area contributed by atoms with Crippen LogP contribution in [0.1, 0.15) is 29.3 Å². The van der Waals surface area contributed by atoms with Gasteiger partial charge in [0.15, 0.2) is 0 Å². The second kappa shape index (κ2) is 5.85.